The highest BCUT2D eigenvalue weighted by atomic mass is 16.4. The van der Waals surface area contributed by atoms with Crippen molar-refractivity contribution in [2.75, 3.05) is 0 Å². The molecule has 2 N–H and O–H groups in total. The Bertz CT molecular complexity index is 543. The largest absolute Gasteiger partial charge is 0.481 e. The van der Waals surface area contributed by atoms with E-state index in [0.717, 1.165) is 18.4 Å². The fourth-order valence-electron chi connectivity index (χ4n) is 3.47. The summed E-state index contributed by atoms with van der Waals surface area (Å²) in [6, 6.07) is 6.10. The van der Waals surface area contributed by atoms with E-state index in [1.807, 2.05) is 12.1 Å². The lowest BCUT2D eigenvalue weighted by atomic mass is 9.61. The van der Waals surface area contributed by atoms with E-state index in [9.17, 15) is 9.90 Å². The minimum atomic E-state index is -0.863. The van der Waals surface area contributed by atoms with Gasteiger partial charge in [-0.3, -0.25) is 4.79 Å². The minimum Gasteiger partial charge on any atom is -0.481 e. The zero-order valence-electron chi connectivity index (χ0n) is 13.4. The van der Waals surface area contributed by atoms with Crippen LogP contribution in [0.4, 0.5) is 0 Å². The van der Waals surface area contributed by atoms with Gasteiger partial charge in [-0.05, 0) is 46.8 Å². The van der Waals surface area contributed by atoms with E-state index in [2.05, 4.69) is 33.8 Å². The van der Waals surface area contributed by atoms with Crippen LogP contribution < -0.4 is 0 Å². The van der Waals surface area contributed by atoms with Crippen LogP contribution in [0.3, 0.4) is 0 Å². The van der Waals surface area contributed by atoms with Gasteiger partial charge in [-0.15, -0.1) is 0 Å². The summed E-state index contributed by atoms with van der Waals surface area (Å²) in [7, 11) is 0. The quantitative estimate of drug-likeness (QED) is 0.883. The molecule has 0 spiro atoms. The number of carboxylic acid groups (broad SMARTS) is 1. The normalized spacial score (nSPS) is 20.6. The van der Waals surface area contributed by atoms with Gasteiger partial charge in [0.2, 0.25) is 0 Å². The first kappa shape index (κ1) is 16.0. The molecule has 0 aliphatic heterocycles. The zero-order valence-corrected chi connectivity index (χ0v) is 13.4. The van der Waals surface area contributed by atoms with Crippen molar-refractivity contribution in [1.82, 2.24) is 0 Å². The Morgan fingerprint density at radius 3 is 2.43 bits per heavy atom. The lowest BCUT2D eigenvalue weighted by Gasteiger charge is -2.43. The molecule has 1 aliphatic carbocycles. The van der Waals surface area contributed by atoms with Gasteiger partial charge < -0.3 is 10.2 Å². The maximum atomic E-state index is 10.7. The monoisotopic (exact) mass is 290 g/mol. The highest BCUT2D eigenvalue weighted by molar-refractivity contribution is 5.66. The van der Waals surface area contributed by atoms with E-state index in [1.54, 1.807) is 0 Å². The number of fused-ring (bicyclic) bond motifs is 1. The molecule has 0 bridgehead atoms. The molecule has 0 fully saturated rings. The van der Waals surface area contributed by atoms with Crippen LogP contribution in [0.25, 0.3) is 0 Å². The van der Waals surface area contributed by atoms with Gasteiger partial charge in [0.1, 0.15) is 0 Å². The van der Waals surface area contributed by atoms with E-state index >= 15 is 0 Å². The van der Waals surface area contributed by atoms with Crippen LogP contribution >= 0.6 is 0 Å². The fraction of sp³-hybridized carbons (Fsp3) is 0.611. The average molecular weight is 290 g/mol. The first-order valence-corrected chi connectivity index (χ1v) is 7.69. The smallest absolute Gasteiger partial charge is 0.303 e. The molecule has 0 aromatic heterocycles. The van der Waals surface area contributed by atoms with Gasteiger partial charge >= 0.3 is 5.97 Å². The summed E-state index contributed by atoms with van der Waals surface area (Å²) in [6.45, 7) is 8.92. The van der Waals surface area contributed by atoms with Crippen molar-refractivity contribution in [2.45, 2.75) is 70.3 Å². The minimum absolute atomic E-state index is 0.00530. The van der Waals surface area contributed by atoms with Crippen LogP contribution in [0.5, 0.6) is 0 Å². The zero-order chi connectivity index (χ0) is 15.8. The molecule has 0 saturated heterocycles. The molecule has 21 heavy (non-hydrogen) atoms. The SMILES string of the molecule is CC1(C)CCC(C)(C)c2c(C(O)CCC(=O)O)cccc21. The molecule has 1 aromatic rings. The summed E-state index contributed by atoms with van der Waals surface area (Å²) in [5.74, 6) is -0.863. The van der Waals surface area contributed by atoms with Gasteiger partial charge in [-0.2, -0.15) is 0 Å². The van der Waals surface area contributed by atoms with Gasteiger partial charge in [0.25, 0.3) is 0 Å². The van der Waals surface area contributed by atoms with Crippen molar-refractivity contribution in [3.05, 3.63) is 34.9 Å². The van der Waals surface area contributed by atoms with Crippen LogP contribution in [-0.4, -0.2) is 16.2 Å². The highest BCUT2D eigenvalue weighted by Gasteiger charge is 2.39. The number of rotatable bonds is 4. The van der Waals surface area contributed by atoms with Crippen molar-refractivity contribution in [2.24, 2.45) is 0 Å². The average Bonchev–Trinajstić information content (AvgIpc) is 2.41. The molecule has 3 nitrogen and oxygen atoms in total. The Hall–Kier alpha value is -1.35. The van der Waals surface area contributed by atoms with Gasteiger partial charge in [-0.1, -0.05) is 45.9 Å². The number of aliphatic hydroxyl groups is 1. The molecule has 1 atom stereocenters. The Labute approximate surface area is 127 Å². The summed E-state index contributed by atoms with van der Waals surface area (Å²) >= 11 is 0. The molecular formula is C18H26O3. The second-order valence-electron chi connectivity index (χ2n) is 7.49. The Morgan fingerprint density at radius 1 is 1.19 bits per heavy atom. The molecule has 1 aromatic carbocycles. The second kappa shape index (κ2) is 5.45. The van der Waals surface area contributed by atoms with Crippen LogP contribution in [-0.2, 0) is 15.6 Å². The van der Waals surface area contributed by atoms with E-state index in [1.165, 1.54) is 11.1 Å². The number of aliphatic carboxylic acids is 1. The summed E-state index contributed by atoms with van der Waals surface area (Å²) < 4.78 is 0. The molecule has 0 amide bonds. The predicted octanol–water partition coefficient (Wildman–Crippen LogP) is 3.93. The summed E-state index contributed by atoms with van der Waals surface area (Å²) in [5.41, 5.74) is 3.55. The Balaban J connectivity index is 2.47. The van der Waals surface area contributed by atoms with Crippen molar-refractivity contribution in [1.29, 1.82) is 0 Å². The Kier molecular flexibility index (Phi) is 4.16. The van der Waals surface area contributed by atoms with E-state index in [4.69, 9.17) is 5.11 Å². The highest BCUT2D eigenvalue weighted by Crippen LogP contribution is 2.48. The van der Waals surface area contributed by atoms with Crippen LogP contribution in [0, 0.1) is 0 Å². The lowest BCUT2D eigenvalue weighted by molar-refractivity contribution is -0.137. The van der Waals surface area contributed by atoms with Crippen LogP contribution in [0.2, 0.25) is 0 Å². The number of aliphatic hydroxyl groups excluding tert-OH is 1. The standard InChI is InChI=1S/C18H26O3/c1-17(2)10-11-18(3,4)16-12(6-5-7-13(16)17)14(19)8-9-15(20)21/h5-7,14,19H,8-11H2,1-4H3,(H,20,21). The first-order chi connectivity index (χ1) is 9.65. The third-order valence-electron chi connectivity index (χ3n) is 4.87. The Morgan fingerprint density at radius 2 is 1.81 bits per heavy atom. The summed E-state index contributed by atoms with van der Waals surface area (Å²) in [4.78, 5) is 10.7. The molecule has 0 saturated carbocycles. The first-order valence-electron chi connectivity index (χ1n) is 7.69. The van der Waals surface area contributed by atoms with E-state index in [0.29, 0.717) is 0 Å². The molecular weight excluding hydrogens is 264 g/mol. The van der Waals surface area contributed by atoms with Gasteiger partial charge in [0.05, 0.1) is 6.10 Å². The topological polar surface area (TPSA) is 57.5 Å². The number of hydrogen-bond donors (Lipinski definition) is 2. The van der Waals surface area contributed by atoms with Gasteiger partial charge in [0.15, 0.2) is 0 Å². The third kappa shape index (κ3) is 3.13. The van der Waals surface area contributed by atoms with Crippen molar-refractivity contribution in [3.8, 4) is 0 Å². The fourth-order valence-corrected chi connectivity index (χ4v) is 3.47. The molecule has 0 radical (unpaired) electrons. The van der Waals surface area contributed by atoms with Crippen LogP contribution in [0.1, 0.15) is 76.2 Å². The molecule has 1 unspecified atom stereocenters. The van der Waals surface area contributed by atoms with Gasteiger partial charge in [0, 0.05) is 6.42 Å². The second-order valence-corrected chi connectivity index (χ2v) is 7.49. The molecule has 2 rings (SSSR count). The molecule has 1 aliphatic rings. The lowest BCUT2D eigenvalue weighted by Crippen LogP contribution is -2.35. The molecule has 3 heteroatoms. The number of carbonyl (C=O) groups is 1. The number of benzene rings is 1. The number of hydrogen-bond acceptors (Lipinski definition) is 2. The predicted molar refractivity (Wildman–Crippen MR) is 83.6 cm³/mol. The van der Waals surface area contributed by atoms with E-state index in [-0.39, 0.29) is 23.7 Å². The maximum Gasteiger partial charge on any atom is 0.303 e. The van der Waals surface area contributed by atoms with Crippen molar-refractivity contribution >= 4 is 5.97 Å². The summed E-state index contributed by atoms with van der Waals surface area (Å²) in [5, 5.41) is 19.3. The van der Waals surface area contributed by atoms with Gasteiger partial charge in [-0.25, -0.2) is 0 Å². The van der Waals surface area contributed by atoms with E-state index < -0.39 is 12.1 Å². The van der Waals surface area contributed by atoms with Crippen LogP contribution in [0.15, 0.2) is 18.2 Å². The third-order valence-corrected chi connectivity index (χ3v) is 4.87. The maximum absolute atomic E-state index is 10.7. The number of carboxylic acids is 1. The van der Waals surface area contributed by atoms with Crippen molar-refractivity contribution < 1.29 is 15.0 Å². The van der Waals surface area contributed by atoms with Crippen molar-refractivity contribution in [3.63, 3.8) is 0 Å². The molecule has 116 valence electrons. The molecule has 0 heterocycles. The summed E-state index contributed by atoms with van der Waals surface area (Å²) in [6.07, 6.45) is 1.76.